The molecule has 4 heterocycles. The van der Waals surface area contributed by atoms with E-state index >= 15 is 0 Å². The van der Waals surface area contributed by atoms with E-state index in [-0.39, 0.29) is 12.1 Å². The van der Waals surface area contributed by atoms with Gasteiger partial charge < -0.3 is 20.3 Å². The van der Waals surface area contributed by atoms with Crippen LogP contribution in [-0.4, -0.2) is 51.4 Å². The van der Waals surface area contributed by atoms with Crippen molar-refractivity contribution in [1.82, 2.24) is 19.6 Å². The number of nitrogens with one attached hydrogen (secondary N) is 2. The number of hydrogen-bond acceptors (Lipinski definition) is 6. The van der Waals surface area contributed by atoms with Gasteiger partial charge in [0.05, 0.1) is 24.6 Å². The van der Waals surface area contributed by atoms with Crippen LogP contribution in [-0.2, 0) is 4.74 Å². The summed E-state index contributed by atoms with van der Waals surface area (Å²) >= 11 is 0. The maximum absolute atomic E-state index is 12.2. The molecule has 4 aromatic rings. The van der Waals surface area contributed by atoms with Crippen LogP contribution < -0.4 is 15.5 Å². The molecule has 0 spiro atoms. The van der Waals surface area contributed by atoms with Gasteiger partial charge in [-0.05, 0) is 37.3 Å². The van der Waals surface area contributed by atoms with Gasteiger partial charge in [-0.2, -0.15) is 5.10 Å². The van der Waals surface area contributed by atoms with Gasteiger partial charge in [-0.1, -0.05) is 12.1 Å². The Balaban J connectivity index is 1.38. The molecule has 0 unspecified atom stereocenters. The fraction of sp³-hybridized carbons (Fsp3) is 0.217. The van der Waals surface area contributed by atoms with Crippen LogP contribution in [0.2, 0.25) is 0 Å². The molecule has 0 saturated carbocycles. The number of pyridine rings is 1. The van der Waals surface area contributed by atoms with Gasteiger partial charge in [0.1, 0.15) is 0 Å². The predicted molar refractivity (Wildman–Crippen MR) is 123 cm³/mol. The highest BCUT2D eigenvalue weighted by Gasteiger charge is 2.23. The normalized spacial score (nSPS) is 16.2. The van der Waals surface area contributed by atoms with Crippen molar-refractivity contribution in [3.05, 3.63) is 67.3 Å². The Morgan fingerprint density at radius 1 is 1.06 bits per heavy atom. The maximum atomic E-state index is 12.2. The molecule has 0 bridgehead atoms. The summed E-state index contributed by atoms with van der Waals surface area (Å²) in [6, 6.07) is 13.1. The molecule has 5 rings (SSSR count). The monoisotopic (exact) mass is 429 g/mol. The number of imidazole rings is 1. The lowest BCUT2D eigenvalue weighted by atomic mass is 10.1. The Morgan fingerprint density at radius 2 is 1.81 bits per heavy atom. The lowest BCUT2D eigenvalue weighted by Gasteiger charge is -2.35. The van der Waals surface area contributed by atoms with Crippen LogP contribution in [0.1, 0.15) is 6.92 Å². The van der Waals surface area contributed by atoms with Gasteiger partial charge in [-0.15, -0.1) is 0 Å². The van der Waals surface area contributed by atoms with E-state index in [0.29, 0.717) is 24.6 Å². The number of aromatic nitrogens is 4. The molecule has 1 fully saturated rings. The molecule has 1 aromatic carbocycles. The molecule has 0 radical (unpaired) electrons. The van der Waals surface area contributed by atoms with Crippen LogP contribution in [0, 0.1) is 0 Å². The molecule has 9 heteroatoms. The minimum Gasteiger partial charge on any atom is -0.377 e. The Kier molecular flexibility index (Phi) is 5.39. The maximum Gasteiger partial charge on any atom is 0.323 e. The average Bonchev–Trinajstić information content (AvgIpc) is 3.29. The first-order valence-corrected chi connectivity index (χ1v) is 10.4. The average molecular weight is 429 g/mol. The van der Waals surface area contributed by atoms with Crippen LogP contribution in [0.25, 0.3) is 16.9 Å². The highest BCUT2D eigenvalue weighted by molar-refractivity contribution is 5.99. The molecule has 9 nitrogen and oxygen atoms in total. The summed E-state index contributed by atoms with van der Waals surface area (Å²) in [6.45, 7) is 4.34. The number of anilines is 3. The molecule has 1 aliphatic rings. The van der Waals surface area contributed by atoms with Gasteiger partial charge in [-0.3, -0.25) is 4.98 Å². The summed E-state index contributed by atoms with van der Waals surface area (Å²) in [6.07, 6.45) is 6.86. The third-order valence-electron chi connectivity index (χ3n) is 5.39. The van der Waals surface area contributed by atoms with E-state index in [1.807, 2.05) is 30.5 Å². The minimum atomic E-state index is -0.314. The first kappa shape index (κ1) is 20.0. The van der Waals surface area contributed by atoms with Crippen LogP contribution in [0.3, 0.4) is 0 Å². The number of carbonyl (C=O) groups excluding carboxylic acids is 1. The smallest absolute Gasteiger partial charge is 0.323 e. The topological polar surface area (TPSA) is 96.7 Å². The summed E-state index contributed by atoms with van der Waals surface area (Å²) in [5, 5.41) is 10.3. The van der Waals surface area contributed by atoms with Gasteiger partial charge in [-0.25, -0.2) is 14.3 Å². The van der Waals surface area contributed by atoms with Crippen molar-refractivity contribution in [2.24, 2.45) is 0 Å². The molecule has 3 aromatic heterocycles. The lowest BCUT2D eigenvalue weighted by molar-refractivity contribution is 0.0990. The number of nitrogens with zero attached hydrogens (tertiary/aromatic N) is 5. The number of amides is 2. The third kappa shape index (κ3) is 4.10. The molecule has 2 amide bonds. The van der Waals surface area contributed by atoms with Crippen molar-refractivity contribution in [2.45, 2.75) is 13.0 Å². The number of urea groups is 1. The minimum absolute atomic E-state index is 0.255. The van der Waals surface area contributed by atoms with Crippen molar-refractivity contribution in [3.63, 3.8) is 0 Å². The van der Waals surface area contributed by atoms with Crippen molar-refractivity contribution in [1.29, 1.82) is 0 Å². The third-order valence-corrected chi connectivity index (χ3v) is 5.39. The summed E-state index contributed by atoms with van der Waals surface area (Å²) in [5.74, 6) is 0. The molecule has 1 saturated heterocycles. The first-order chi connectivity index (χ1) is 15.7. The van der Waals surface area contributed by atoms with Crippen LogP contribution in [0.15, 0.2) is 67.3 Å². The second-order valence-electron chi connectivity index (χ2n) is 7.62. The van der Waals surface area contributed by atoms with Gasteiger partial charge in [0.25, 0.3) is 0 Å². The van der Waals surface area contributed by atoms with Gasteiger partial charge >= 0.3 is 6.03 Å². The van der Waals surface area contributed by atoms with E-state index in [1.54, 1.807) is 35.2 Å². The van der Waals surface area contributed by atoms with Crippen molar-refractivity contribution >= 4 is 28.7 Å². The molecule has 0 aliphatic carbocycles. The Labute approximate surface area is 185 Å². The predicted octanol–water partition coefficient (Wildman–Crippen LogP) is 3.66. The van der Waals surface area contributed by atoms with Crippen LogP contribution >= 0.6 is 0 Å². The van der Waals surface area contributed by atoms with Crippen LogP contribution in [0.4, 0.5) is 21.9 Å². The fourth-order valence-electron chi connectivity index (χ4n) is 3.79. The van der Waals surface area contributed by atoms with Crippen LogP contribution in [0.5, 0.6) is 0 Å². The van der Waals surface area contributed by atoms with E-state index < -0.39 is 0 Å². The van der Waals surface area contributed by atoms with Crippen molar-refractivity contribution < 1.29 is 9.53 Å². The number of rotatable bonds is 4. The van der Waals surface area contributed by atoms with Crippen molar-refractivity contribution in [2.75, 3.05) is 35.3 Å². The van der Waals surface area contributed by atoms with E-state index in [0.717, 1.165) is 29.1 Å². The zero-order valence-electron chi connectivity index (χ0n) is 17.6. The fourth-order valence-corrected chi connectivity index (χ4v) is 3.79. The number of carbonyl (C=O) groups is 1. The highest BCUT2D eigenvalue weighted by Crippen LogP contribution is 2.29. The second-order valence-corrected chi connectivity index (χ2v) is 7.62. The number of ether oxygens (including phenoxy) is 1. The quantitative estimate of drug-likeness (QED) is 0.514. The largest absolute Gasteiger partial charge is 0.377 e. The molecular weight excluding hydrogens is 406 g/mol. The first-order valence-electron chi connectivity index (χ1n) is 10.4. The number of hydrogen-bond donors (Lipinski definition) is 2. The molecule has 1 aliphatic heterocycles. The summed E-state index contributed by atoms with van der Waals surface area (Å²) in [5.41, 5.74) is 5.01. The molecule has 1 atom stereocenters. The standard InChI is InChI=1S/C23H23N7O2/c1-16-15-32-13-12-29(16)21-14-20(28-30-11-10-25-22(21)30)17-2-4-18(5-3-17)26-23(31)27-19-6-8-24-9-7-19/h2-11,14,16H,12-13,15H2,1H3,(H2,24,26,27,31)/t16-/m0/s1. The Bertz CT molecular complexity index is 1220. The number of fused-ring (bicyclic) bond motifs is 1. The van der Waals surface area contributed by atoms with E-state index in [9.17, 15) is 4.79 Å². The molecule has 32 heavy (non-hydrogen) atoms. The van der Waals surface area contributed by atoms with Crippen molar-refractivity contribution in [3.8, 4) is 11.3 Å². The molecular formula is C23H23N7O2. The number of morpholine rings is 1. The molecule has 162 valence electrons. The van der Waals surface area contributed by atoms with E-state index in [1.165, 1.54) is 0 Å². The lowest BCUT2D eigenvalue weighted by Crippen LogP contribution is -2.44. The Hall–Kier alpha value is -3.98. The van der Waals surface area contributed by atoms with Gasteiger partial charge in [0, 0.05) is 54.3 Å². The summed E-state index contributed by atoms with van der Waals surface area (Å²) in [7, 11) is 0. The zero-order valence-corrected chi connectivity index (χ0v) is 17.6. The zero-order chi connectivity index (χ0) is 21.9. The van der Waals surface area contributed by atoms with Gasteiger partial charge in [0.15, 0.2) is 5.65 Å². The molecule has 2 N–H and O–H groups in total. The summed E-state index contributed by atoms with van der Waals surface area (Å²) < 4.78 is 7.40. The van der Waals surface area contributed by atoms with E-state index in [2.05, 4.69) is 38.5 Å². The SMILES string of the molecule is C[C@H]1COCCN1c1cc(-c2ccc(NC(=O)Nc3ccncc3)cc2)nn2ccnc12. The highest BCUT2D eigenvalue weighted by atomic mass is 16.5. The Morgan fingerprint density at radius 3 is 2.56 bits per heavy atom. The summed E-state index contributed by atoms with van der Waals surface area (Å²) in [4.78, 5) is 23.0. The van der Waals surface area contributed by atoms with E-state index in [4.69, 9.17) is 9.84 Å². The number of benzene rings is 1. The second kappa shape index (κ2) is 8.64. The van der Waals surface area contributed by atoms with Gasteiger partial charge in [0.2, 0.25) is 0 Å².